The Labute approximate surface area is 443 Å². The number of aliphatic hydroxyl groups is 2. The van der Waals surface area contributed by atoms with Gasteiger partial charge in [0, 0.05) is 12.8 Å². The summed E-state index contributed by atoms with van der Waals surface area (Å²) in [6.45, 7) is 4.89. The van der Waals surface area contributed by atoms with Gasteiger partial charge in [0.1, 0.15) is 0 Å². The van der Waals surface area contributed by atoms with E-state index in [2.05, 4.69) is 43.5 Å². The Morgan fingerprint density at radius 2 is 0.704 bits per heavy atom. The van der Waals surface area contributed by atoms with Gasteiger partial charge in [-0.25, -0.2) is 0 Å². The van der Waals surface area contributed by atoms with E-state index in [4.69, 9.17) is 4.74 Å². The average molecular weight is 999 g/mol. The Morgan fingerprint density at radius 3 is 1.10 bits per heavy atom. The lowest BCUT2D eigenvalue weighted by Crippen LogP contribution is -2.45. The molecule has 6 nitrogen and oxygen atoms in total. The number of hydrogen-bond donors (Lipinski definition) is 3. The Morgan fingerprint density at radius 1 is 0.394 bits per heavy atom. The second kappa shape index (κ2) is 60.6. The Bertz CT molecular complexity index is 1150. The SMILES string of the molecule is CCCCC/C=C\C/C=C\CCCCCCCCCC(=O)OCCCCCCCCCCCCCCCCCCCC(=O)NC(CO)C(O)/C=C/CCCCCCCCCCCCCCCCCCCC. The lowest BCUT2D eigenvalue weighted by molar-refractivity contribution is -0.143. The number of amides is 1. The highest BCUT2D eigenvalue weighted by atomic mass is 16.5. The van der Waals surface area contributed by atoms with Gasteiger partial charge in [-0.3, -0.25) is 9.59 Å². The molecule has 1 amide bonds. The zero-order valence-electron chi connectivity index (χ0n) is 47.7. The van der Waals surface area contributed by atoms with Gasteiger partial charge < -0.3 is 20.3 Å². The summed E-state index contributed by atoms with van der Waals surface area (Å²) in [6, 6.07) is -0.633. The molecule has 71 heavy (non-hydrogen) atoms. The lowest BCUT2D eigenvalue weighted by Gasteiger charge is -2.20. The maximum atomic E-state index is 12.5. The van der Waals surface area contributed by atoms with Crippen molar-refractivity contribution in [2.75, 3.05) is 13.2 Å². The first-order chi connectivity index (χ1) is 35.0. The summed E-state index contributed by atoms with van der Waals surface area (Å²) < 4.78 is 5.49. The zero-order chi connectivity index (χ0) is 51.4. The molecule has 3 N–H and O–H groups in total. The van der Waals surface area contributed by atoms with Crippen LogP contribution in [-0.4, -0.2) is 47.4 Å². The molecule has 0 aliphatic heterocycles. The first-order valence-corrected chi connectivity index (χ1v) is 31.8. The van der Waals surface area contributed by atoms with Gasteiger partial charge in [-0.1, -0.05) is 301 Å². The molecular weight excluding hydrogens is 875 g/mol. The van der Waals surface area contributed by atoms with Gasteiger partial charge in [0.2, 0.25) is 5.91 Å². The monoisotopic (exact) mass is 998 g/mol. The smallest absolute Gasteiger partial charge is 0.305 e. The van der Waals surface area contributed by atoms with Crippen molar-refractivity contribution >= 4 is 11.9 Å². The van der Waals surface area contributed by atoms with E-state index in [0.717, 1.165) is 51.4 Å². The van der Waals surface area contributed by atoms with Crippen LogP contribution in [0.2, 0.25) is 0 Å². The van der Waals surface area contributed by atoms with Crippen LogP contribution in [0, 0.1) is 0 Å². The first kappa shape index (κ1) is 69.1. The summed E-state index contributed by atoms with van der Waals surface area (Å²) in [5, 5.41) is 23.2. The number of esters is 1. The van der Waals surface area contributed by atoms with E-state index >= 15 is 0 Å². The van der Waals surface area contributed by atoms with E-state index in [1.165, 1.54) is 263 Å². The van der Waals surface area contributed by atoms with E-state index in [1.54, 1.807) is 6.08 Å². The van der Waals surface area contributed by atoms with E-state index in [9.17, 15) is 19.8 Å². The molecule has 0 aliphatic rings. The average Bonchev–Trinajstić information content (AvgIpc) is 3.37. The van der Waals surface area contributed by atoms with Gasteiger partial charge in [0.25, 0.3) is 0 Å². The number of aliphatic hydroxyl groups excluding tert-OH is 2. The van der Waals surface area contributed by atoms with Crippen LogP contribution in [0.5, 0.6) is 0 Å². The van der Waals surface area contributed by atoms with Crippen LogP contribution in [0.3, 0.4) is 0 Å². The fourth-order valence-electron chi connectivity index (χ4n) is 9.78. The third-order valence-corrected chi connectivity index (χ3v) is 14.7. The molecule has 418 valence electrons. The molecule has 0 saturated heterocycles. The zero-order valence-corrected chi connectivity index (χ0v) is 47.7. The molecular formula is C65H123NO5. The van der Waals surface area contributed by atoms with Gasteiger partial charge >= 0.3 is 5.97 Å². The minimum atomic E-state index is -0.850. The summed E-state index contributed by atoms with van der Waals surface area (Å²) in [7, 11) is 0. The predicted molar refractivity (Wildman–Crippen MR) is 310 cm³/mol. The summed E-state index contributed by atoms with van der Waals surface area (Å²) in [5.41, 5.74) is 0. The minimum Gasteiger partial charge on any atom is -0.466 e. The summed E-state index contributed by atoms with van der Waals surface area (Å²) in [6.07, 6.45) is 76.1. The maximum absolute atomic E-state index is 12.5. The number of allylic oxidation sites excluding steroid dienone is 5. The molecule has 0 aromatic heterocycles. The Kier molecular flexibility index (Phi) is 59.0. The van der Waals surface area contributed by atoms with Gasteiger partial charge in [-0.05, 0) is 64.2 Å². The van der Waals surface area contributed by atoms with E-state index in [1.807, 2.05) is 6.08 Å². The molecule has 0 aliphatic carbocycles. The number of nitrogens with one attached hydrogen (secondary N) is 1. The fourth-order valence-corrected chi connectivity index (χ4v) is 9.78. The summed E-state index contributed by atoms with van der Waals surface area (Å²) in [5.74, 6) is -0.0739. The van der Waals surface area contributed by atoms with Crippen molar-refractivity contribution in [3.8, 4) is 0 Å². The van der Waals surface area contributed by atoms with Crippen molar-refractivity contribution < 1.29 is 24.5 Å². The predicted octanol–water partition coefficient (Wildman–Crippen LogP) is 20.0. The number of hydrogen-bond acceptors (Lipinski definition) is 5. The van der Waals surface area contributed by atoms with Crippen LogP contribution in [0.1, 0.15) is 341 Å². The minimum absolute atomic E-state index is 0.00292. The van der Waals surface area contributed by atoms with E-state index in [-0.39, 0.29) is 18.5 Å². The molecule has 0 aromatic carbocycles. The topological polar surface area (TPSA) is 95.9 Å². The molecule has 0 saturated carbocycles. The Balaban J connectivity index is 3.44. The molecule has 0 radical (unpaired) electrons. The number of rotatable bonds is 59. The van der Waals surface area contributed by atoms with Gasteiger partial charge in [-0.2, -0.15) is 0 Å². The van der Waals surface area contributed by atoms with E-state index < -0.39 is 12.1 Å². The molecule has 0 rings (SSSR count). The summed E-state index contributed by atoms with van der Waals surface area (Å²) >= 11 is 0. The number of carbonyl (C=O) groups is 2. The lowest BCUT2D eigenvalue weighted by atomic mass is 10.0. The second-order valence-corrected chi connectivity index (χ2v) is 21.7. The second-order valence-electron chi connectivity index (χ2n) is 21.7. The molecule has 0 bridgehead atoms. The molecule has 0 fully saturated rings. The summed E-state index contributed by atoms with van der Waals surface area (Å²) in [4.78, 5) is 24.6. The van der Waals surface area contributed by atoms with Crippen LogP contribution in [0.15, 0.2) is 36.5 Å². The van der Waals surface area contributed by atoms with Crippen LogP contribution in [0.25, 0.3) is 0 Å². The van der Waals surface area contributed by atoms with Crippen molar-refractivity contribution in [3.63, 3.8) is 0 Å². The van der Waals surface area contributed by atoms with Crippen molar-refractivity contribution in [3.05, 3.63) is 36.5 Å². The van der Waals surface area contributed by atoms with Crippen molar-refractivity contribution in [1.29, 1.82) is 0 Å². The molecule has 0 aromatic rings. The van der Waals surface area contributed by atoms with Gasteiger partial charge in [0.05, 0.1) is 25.4 Å². The number of carbonyl (C=O) groups excluding carboxylic acids is 2. The molecule has 2 unspecified atom stereocenters. The standard InChI is InChI=1S/C65H123NO5/c1-3-5-7-9-11-13-15-17-19-21-22-23-26-29-33-37-41-45-49-53-57-63(68)62(61-67)66-64(69)58-54-50-46-42-38-34-30-27-24-28-32-36-40-44-48-52-56-60-71-65(70)59-55-51-47-43-39-35-31-25-20-18-16-14-12-10-8-6-4-2/h12,14,18,20,53,57,62-63,67-68H,3-11,13,15-17,19,21-52,54-56,58-61H2,1-2H3,(H,66,69)/b14-12-,20-18-,57-53+. The third kappa shape index (κ3) is 57.2. The normalized spacial score (nSPS) is 12.8. The highest BCUT2D eigenvalue weighted by Gasteiger charge is 2.18. The fraction of sp³-hybridized carbons (Fsp3) is 0.877. The van der Waals surface area contributed by atoms with Crippen molar-refractivity contribution in [2.24, 2.45) is 0 Å². The quantitative estimate of drug-likeness (QED) is 0.0321. The molecule has 6 heteroatoms. The molecule has 0 heterocycles. The van der Waals surface area contributed by atoms with Gasteiger partial charge in [0.15, 0.2) is 0 Å². The number of ether oxygens (including phenoxy) is 1. The van der Waals surface area contributed by atoms with Gasteiger partial charge in [-0.15, -0.1) is 0 Å². The third-order valence-electron chi connectivity index (χ3n) is 14.7. The highest BCUT2D eigenvalue weighted by Crippen LogP contribution is 2.18. The van der Waals surface area contributed by atoms with Crippen molar-refractivity contribution in [1.82, 2.24) is 5.32 Å². The van der Waals surface area contributed by atoms with Crippen LogP contribution in [-0.2, 0) is 14.3 Å². The highest BCUT2D eigenvalue weighted by molar-refractivity contribution is 5.76. The van der Waals surface area contributed by atoms with Crippen LogP contribution in [0.4, 0.5) is 0 Å². The van der Waals surface area contributed by atoms with Crippen LogP contribution < -0.4 is 5.32 Å². The first-order valence-electron chi connectivity index (χ1n) is 31.8. The molecule has 0 spiro atoms. The Hall–Kier alpha value is -1.92. The maximum Gasteiger partial charge on any atom is 0.305 e. The largest absolute Gasteiger partial charge is 0.466 e. The van der Waals surface area contributed by atoms with Crippen molar-refractivity contribution in [2.45, 2.75) is 353 Å². The number of unbranched alkanes of at least 4 members (excludes halogenated alkanes) is 44. The van der Waals surface area contributed by atoms with E-state index in [0.29, 0.717) is 19.4 Å². The van der Waals surface area contributed by atoms with Crippen LogP contribution >= 0.6 is 0 Å². The molecule has 2 atom stereocenters.